The standard InChI is InChI=1S/C20H18F3N3O4/c1-11-18(19(28)29-2)14-9-13(5-6-15(14)26(11)12-3-4-12)30-17(27)10-25-8-7-16(24-25)20(21,22)23/h5-9,12H,3-4,10H2,1-2H3. The topological polar surface area (TPSA) is 75.3 Å². The molecule has 4 rings (SSSR count). The van der Waals surface area contributed by atoms with Gasteiger partial charge in [-0.25, -0.2) is 9.59 Å². The number of rotatable bonds is 5. The van der Waals surface area contributed by atoms with E-state index in [-0.39, 0.29) is 5.75 Å². The molecule has 7 nitrogen and oxygen atoms in total. The van der Waals surface area contributed by atoms with E-state index in [1.54, 1.807) is 18.2 Å². The van der Waals surface area contributed by atoms with Crippen LogP contribution < -0.4 is 4.74 Å². The van der Waals surface area contributed by atoms with Gasteiger partial charge in [0.05, 0.1) is 12.7 Å². The fourth-order valence-corrected chi connectivity index (χ4v) is 3.54. The van der Waals surface area contributed by atoms with Crippen LogP contribution in [0.25, 0.3) is 10.9 Å². The third kappa shape index (κ3) is 3.64. The third-order valence-electron chi connectivity index (χ3n) is 4.98. The van der Waals surface area contributed by atoms with E-state index < -0.39 is 30.4 Å². The van der Waals surface area contributed by atoms with Crippen LogP contribution in [0.2, 0.25) is 0 Å². The number of carbonyl (C=O) groups is 2. The molecule has 158 valence electrons. The largest absolute Gasteiger partial charge is 0.465 e. The summed E-state index contributed by atoms with van der Waals surface area (Å²) in [6.45, 7) is 1.35. The molecule has 1 aliphatic rings. The van der Waals surface area contributed by atoms with Crippen LogP contribution in [0.15, 0.2) is 30.5 Å². The van der Waals surface area contributed by atoms with Crippen LogP contribution in [0, 0.1) is 6.92 Å². The minimum Gasteiger partial charge on any atom is -0.465 e. The highest BCUT2D eigenvalue weighted by atomic mass is 19.4. The zero-order valence-corrected chi connectivity index (χ0v) is 16.2. The Morgan fingerprint density at radius 3 is 2.57 bits per heavy atom. The molecule has 0 bridgehead atoms. The molecule has 2 aromatic heterocycles. The molecular formula is C20H18F3N3O4. The van der Waals surface area contributed by atoms with Gasteiger partial charge in [-0.2, -0.15) is 18.3 Å². The summed E-state index contributed by atoms with van der Waals surface area (Å²) in [5.41, 5.74) is 0.923. The average Bonchev–Trinajstić information content (AvgIpc) is 3.31. The van der Waals surface area contributed by atoms with Gasteiger partial charge in [-0.05, 0) is 44.0 Å². The molecule has 2 heterocycles. The van der Waals surface area contributed by atoms with Crippen LogP contribution in [-0.2, 0) is 22.3 Å². The highest BCUT2D eigenvalue weighted by molar-refractivity contribution is 6.06. The molecule has 0 saturated heterocycles. The lowest BCUT2D eigenvalue weighted by atomic mass is 10.1. The Morgan fingerprint density at radius 2 is 1.97 bits per heavy atom. The maximum Gasteiger partial charge on any atom is 0.435 e. The smallest absolute Gasteiger partial charge is 0.435 e. The van der Waals surface area contributed by atoms with Crippen LogP contribution in [0.1, 0.15) is 40.6 Å². The van der Waals surface area contributed by atoms with Gasteiger partial charge in [0, 0.05) is 28.8 Å². The van der Waals surface area contributed by atoms with Gasteiger partial charge < -0.3 is 14.0 Å². The highest BCUT2D eigenvalue weighted by Crippen LogP contribution is 2.42. The number of fused-ring (bicyclic) bond motifs is 1. The van der Waals surface area contributed by atoms with Crippen molar-refractivity contribution in [1.82, 2.24) is 14.3 Å². The Labute approximate surface area is 169 Å². The Bertz CT molecular complexity index is 1140. The van der Waals surface area contributed by atoms with E-state index in [1.807, 2.05) is 6.92 Å². The molecule has 30 heavy (non-hydrogen) atoms. The molecule has 1 aromatic carbocycles. The second-order valence-electron chi connectivity index (χ2n) is 7.10. The molecule has 10 heteroatoms. The lowest BCUT2D eigenvalue weighted by Gasteiger charge is -2.07. The fourth-order valence-electron chi connectivity index (χ4n) is 3.54. The molecule has 0 unspecified atom stereocenters. The number of esters is 2. The van der Waals surface area contributed by atoms with Gasteiger partial charge in [-0.1, -0.05) is 0 Å². The van der Waals surface area contributed by atoms with Crippen molar-refractivity contribution in [3.63, 3.8) is 0 Å². The predicted octanol–water partition coefficient (Wildman–Crippen LogP) is 3.89. The minimum atomic E-state index is -4.59. The molecular weight excluding hydrogens is 403 g/mol. The molecule has 1 aliphatic carbocycles. The lowest BCUT2D eigenvalue weighted by Crippen LogP contribution is -2.17. The van der Waals surface area contributed by atoms with Crippen molar-refractivity contribution >= 4 is 22.8 Å². The molecule has 3 aromatic rings. The summed E-state index contributed by atoms with van der Waals surface area (Å²) in [5.74, 6) is -1.10. The van der Waals surface area contributed by atoms with Crippen LogP contribution in [0.5, 0.6) is 5.75 Å². The van der Waals surface area contributed by atoms with E-state index in [0.717, 1.165) is 41.0 Å². The summed E-state index contributed by atoms with van der Waals surface area (Å²) in [7, 11) is 1.30. The van der Waals surface area contributed by atoms with Crippen molar-refractivity contribution in [2.75, 3.05) is 7.11 Å². The first kappa shape index (κ1) is 20.0. The fraction of sp³-hybridized carbons (Fsp3) is 0.350. The first-order chi connectivity index (χ1) is 14.2. The van der Waals surface area contributed by atoms with Crippen LogP contribution in [0.4, 0.5) is 13.2 Å². The number of carbonyl (C=O) groups excluding carboxylic acids is 2. The van der Waals surface area contributed by atoms with Gasteiger partial charge in [0.15, 0.2) is 5.69 Å². The van der Waals surface area contributed by atoms with Gasteiger partial charge in [0.2, 0.25) is 0 Å². The molecule has 0 radical (unpaired) electrons. The Hall–Kier alpha value is -3.30. The predicted molar refractivity (Wildman–Crippen MR) is 99.1 cm³/mol. The molecule has 0 atom stereocenters. The number of hydrogen-bond acceptors (Lipinski definition) is 5. The van der Waals surface area contributed by atoms with Crippen LogP contribution >= 0.6 is 0 Å². The van der Waals surface area contributed by atoms with Crippen LogP contribution in [-0.4, -0.2) is 33.4 Å². The van der Waals surface area contributed by atoms with E-state index in [4.69, 9.17) is 9.47 Å². The number of aromatic nitrogens is 3. The first-order valence-electron chi connectivity index (χ1n) is 9.23. The van der Waals surface area contributed by atoms with Crippen molar-refractivity contribution in [2.45, 2.75) is 38.5 Å². The normalized spacial score (nSPS) is 14.2. The summed E-state index contributed by atoms with van der Waals surface area (Å²) in [6.07, 6.45) is -1.49. The number of halogens is 3. The first-order valence-corrected chi connectivity index (χ1v) is 9.23. The number of benzene rings is 1. The van der Waals surface area contributed by atoms with Gasteiger partial charge >= 0.3 is 18.1 Å². The van der Waals surface area contributed by atoms with Gasteiger partial charge in [-0.15, -0.1) is 0 Å². The number of ether oxygens (including phenoxy) is 2. The molecule has 0 N–H and O–H groups in total. The monoisotopic (exact) mass is 421 g/mol. The molecule has 1 saturated carbocycles. The quantitative estimate of drug-likeness (QED) is 0.462. The number of hydrogen-bond donors (Lipinski definition) is 0. The van der Waals surface area contributed by atoms with Crippen LogP contribution in [0.3, 0.4) is 0 Å². The highest BCUT2D eigenvalue weighted by Gasteiger charge is 2.34. The van der Waals surface area contributed by atoms with E-state index in [1.165, 1.54) is 7.11 Å². The second-order valence-corrected chi connectivity index (χ2v) is 7.10. The lowest BCUT2D eigenvalue weighted by molar-refractivity contribution is -0.142. The summed E-state index contributed by atoms with van der Waals surface area (Å²) in [5, 5.41) is 3.92. The Kier molecular flexibility index (Phi) is 4.79. The molecule has 0 spiro atoms. The Morgan fingerprint density at radius 1 is 1.23 bits per heavy atom. The van der Waals surface area contributed by atoms with Gasteiger partial charge in [0.25, 0.3) is 0 Å². The summed E-state index contributed by atoms with van der Waals surface area (Å²) < 4.78 is 51.0. The summed E-state index contributed by atoms with van der Waals surface area (Å²) in [6, 6.07) is 6.01. The maximum atomic E-state index is 12.6. The minimum absolute atomic E-state index is 0.175. The molecule has 1 fully saturated rings. The van der Waals surface area contributed by atoms with Gasteiger partial charge in [-0.3, -0.25) is 4.68 Å². The number of methoxy groups -OCH3 is 1. The van der Waals surface area contributed by atoms with Crippen molar-refractivity contribution in [2.24, 2.45) is 0 Å². The van der Waals surface area contributed by atoms with E-state index in [0.29, 0.717) is 17.0 Å². The van der Waals surface area contributed by atoms with Crippen molar-refractivity contribution in [3.8, 4) is 5.75 Å². The molecule has 0 aliphatic heterocycles. The van der Waals surface area contributed by atoms with E-state index in [9.17, 15) is 22.8 Å². The number of nitrogens with zero attached hydrogens (tertiary/aromatic N) is 3. The van der Waals surface area contributed by atoms with E-state index >= 15 is 0 Å². The summed E-state index contributed by atoms with van der Waals surface area (Å²) >= 11 is 0. The number of alkyl halides is 3. The van der Waals surface area contributed by atoms with Crippen molar-refractivity contribution in [3.05, 3.63) is 47.4 Å². The Balaban J connectivity index is 1.59. The summed E-state index contributed by atoms with van der Waals surface area (Å²) in [4.78, 5) is 24.5. The SMILES string of the molecule is COC(=O)c1c(C)n(C2CC2)c2ccc(OC(=O)Cn3ccc(C(F)(F)F)n3)cc12. The maximum absolute atomic E-state index is 12.6. The van der Waals surface area contributed by atoms with Crippen molar-refractivity contribution < 1.29 is 32.2 Å². The van der Waals surface area contributed by atoms with Gasteiger partial charge in [0.1, 0.15) is 12.3 Å². The van der Waals surface area contributed by atoms with E-state index in [2.05, 4.69) is 9.67 Å². The zero-order valence-electron chi connectivity index (χ0n) is 16.2. The third-order valence-corrected chi connectivity index (χ3v) is 4.98. The second kappa shape index (κ2) is 7.19. The zero-order chi connectivity index (χ0) is 21.6. The van der Waals surface area contributed by atoms with Crippen molar-refractivity contribution in [1.29, 1.82) is 0 Å². The average molecular weight is 421 g/mol. The molecule has 0 amide bonds.